The molecule has 0 amide bonds. The third kappa shape index (κ3) is 4.30. The molecule has 0 fully saturated rings. The van der Waals surface area contributed by atoms with Gasteiger partial charge in [0, 0.05) is 0 Å². The van der Waals surface area contributed by atoms with E-state index in [9.17, 15) is 0 Å². The highest BCUT2D eigenvalue weighted by atomic mass is 35.9. The van der Waals surface area contributed by atoms with Crippen LogP contribution in [0.5, 0.6) is 0 Å². The van der Waals surface area contributed by atoms with Crippen molar-refractivity contribution in [3.8, 4) is 0 Å². The summed E-state index contributed by atoms with van der Waals surface area (Å²) in [6.07, 6.45) is 0. The highest BCUT2D eigenvalue weighted by Crippen LogP contribution is 2.48. The maximum Gasteiger partial charge on any atom is 0.359 e. The van der Waals surface area contributed by atoms with Gasteiger partial charge in [-0.15, -0.1) is 77.6 Å². The summed E-state index contributed by atoms with van der Waals surface area (Å²) in [5.41, 5.74) is -6.64. The topological polar surface area (TPSA) is 3.24 Å². The van der Waals surface area contributed by atoms with Crippen LogP contribution in [0, 0.1) is 0 Å². The zero-order valence-corrected chi connectivity index (χ0v) is 18.0. The summed E-state index contributed by atoms with van der Waals surface area (Å²) in [7, 11) is 0. The standard InChI is InChI=1S/C6H14Cl7NSi3/c1-5(2)14(6(3)4)17(13,15(7,8)9)16(10,11)12/h5-6H,1-4H3. The van der Waals surface area contributed by atoms with Gasteiger partial charge < -0.3 is 4.57 Å². The Kier molecular flexibility index (Phi) is 7.63. The summed E-state index contributed by atoms with van der Waals surface area (Å²) in [6.45, 7) is 4.60. The second kappa shape index (κ2) is 6.60. The lowest BCUT2D eigenvalue weighted by molar-refractivity contribution is 0.310. The van der Waals surface area contributed by atoms with Crippen molar-refractivity contribution in [1.82, 2.24) is 4.57 Å². The summed E-state index contributed by atoms with van der Waals surface area (Å²) in [5.74, 6) is 0. The molecule has 11 heteroatoms. The first-order valence-electron chi connectivity index (χ1n) is 4.87. The SMILES string of the molecule is CC(C)N(C(C)C)[Si](Cl)([Si](Cl)(Cl)Cl)[Si](Cl)(Cl)Cl. The maximum atomic E-state index is 6.64. The van der Waals surface area contributed by atoms with Gasteiger partial charge in [-0.2, -0.15) is 0 Å². The molecule has 0 aromatic carbocycles. The molecular weight excluding hydrogens is 419 g/mol. The number of hydrogen-bond donors (Lipinski definition) is 0. The Morgan fingerprint density at radius 2 is 0.882 bits per heavy atom. The molecule has 0 radical (unpaired) electrons. The molecular formula is C6H14Cl7NSi3. The van der Waals surface area contributed by atoms with Gasteiger partial charge in [0.1, 0.15) is 0 Å². The number of rotatable bonds is 5. The summed E-state index contributed by atoms with van der Waals surface area (Å²) in [4.78, 5) is 0. The van der Waals surface area contributed by atoms with Crippen LogP contribution in [0.2, 0.25) is 0 Å². The van der Waals surface area contributed by atoms with Crippen molar-refractivity contribution in [2.75, 3.05) is 0 Å². The lowest BCUT2D eigenvalue weighted by Crippen LogP contribution is -2.75. The molecule has 17 heavy (non-hydrogen) atoms. The molecule has 0 unspecified atom stereocenters. The number of nitrogens with zero attached hydrogens (tertiary/aromatic N) is 1. The van der Waals surface area contributed by atoms with Crippen LogP contribution in [-0.4, -0.2) is 34.3 Å². The van der Waals surface area contributed by atoms with E-state index in [4.69, 9.17) is 77.6 Å². The van der Waals surface area contributed by atoms with Crippen LogP contribution in [-0.2, 0) is 0 Å². The summed E-state index contributed by atoms with van der Waals surface area (Å²) in [5, 5.41) is 0. The van der Waals surface area contributed by atoms with Gasteiger partial charge in [-0.25, -0.2) is 0 Å². The van der Waals surface area contributed by atoms with Crippen molar-refractivity contribution in [1.29, 1.82) is 0 Å². The molecule has 104 valence electrons. The van der Waals surface area contributed by atoms with Gasteiger partial charge in [-0.05, 0) is 12.1 Å². The molecule has 0 aliphatic heterocycles. The van der Waals surface area contributed by atoms with Crippen LogP contribution in [0.3, 0.4) is 0 Å². The number of halogens is 7. The molecule has 0 saturated heterocycles. The highest BCUT2D eigenvalue weighted by molar-refractivity contribution is 8.17. The van der Waals surface area contributed by atoms with Crippen LogP contribution in [0.1, 0.15) is 27.7 Å². The van der Waals surface area contributed by atoms with E-state index in [0.29, 0.717) is 0 Å². The lowest BCUT2D eigenvalue weighted by Gasteiger charge is -2.47. The Bertz CT molecular complexity index is 239. The first-order valence-corrected chi connectivity index (χ1v) is 19.9. The molecule has 0 spiro atoms. The Balaban J connectivity index is 5.78. The van der Waals surface area contributed by atoms with E-state index in [1.54, 1.807) is 0 Å². The first-order chi connectivity index (χ1) is 7.26. The lowest BCUT2D eigenvalue weighted by atomic mass is 10.3. The average molecular weight is 433 g/mol. The van der Waals surface area contributed by atoms with Gasteiger partial charge in [0.15, 0.2) is 0 Å². The fraction of sp³-hybridized carbons (Fsp3) is 1.00. The minimum Gasteiger partial charge on any atom is -0.306 e. The molecule has 0 aromatic rings. The quantitative estimate of drug-likeness (QED) is 0.423. The number of hydrogen-bond acceptors (Lipinski definition) is 1. The van der Waals surface area contributed by atoms with Crippen molar-refractivity contribution in [2.24, 2.45) is 0 Å². The van der Waals surface area contributed by atoms with Gasteiger partial charge in [-0.3, -0.25) is 0 Å². The van der Waals surface area contributed by atoms with Crippen molar-refractivity contribution in [3.05, 3.63) is 0 Å². The van der Waals surface area contributed by atoms with Crippen LogP contribution in [0.4, 0.5) is 0 Å². The van der Waals surface area contributed by atoms with E-state index in [1.165, 1.54) is 0 Å². The van der Waals surface area contributed by atoms with Gasteiger partial charge in [0.05, 0.1) is 0 Å². The molecule has 0 rings (SSSR count). The van der Waals surface area contributed by atoms with E-state index in [1.807, 2.05) is 32.3 Å². The molecule has 0 aromatic heterocycles. The van der Waals surface area contributed by atoms with Gasteiger partial charge in [-0.1, -0.05) is 27.7 Å². The van der Waals surface area contributed by atoms with Crippen LogP contribution < -0.4 is 0 Å². The predicted molar refractivity (Wildman–Crippen MR) is 90.3 cm³/mol. The van der Waals surface area contributed by atoms with E-state index in [0.717, 1.165) is 0 Å². The zero-order chi connectivity index (χ0) is 14.2. The smallest absolute Gasteiger partial charge is 0.306 e. The summed E-state index contributed by atoms with van der Waals surface area (Å²) < 4.78 is 1.92. The summed E-state index contributed by atoms with van der Waals surface area (Å²) in [6, 6.07) is 0.121. The monoisotopic (exact) mass is 429 g/mol. The fourth-order valence-corrected chi connectivity index (χ4v) is 54.0. The van der Waals surface area contributed by atoms with Crippen molar-refractivity contribution >= 4 is 95.2 Å². The molecule has 0 heterocycles. The van der Waals surface area contributed by atoms with E-state index >= 15 is 0 Å². The third-order valence-electron chi connectivity index (χ3n) is 2.22. The first kappa shape index (κ1) is 19.6. The molecule has 0 aliphatic rings. The zero-order valence-electron chi connectivity index (χ0n) is 9.75. The molecule has 0 N–H and O–H groups in total. The third-order valence-corrected chi connectivity index (χ3v) is 52.5. The second-order valence-corrected chi connectivity index (χ2v) is 41.2. The minimum absolute atomic E-state index is 0.0606. The molecule has 0 atom stereocenters. The molecule has 0 aliphatic carbocycles. The van der Waals surface area contributed by atoms with E-state index in [2.05, 4.69) is 0 Å². The second-order valence-electron chi connectivity index (χ2n) is 4.21. The van der Waals surface area contributed by atoms with Crippen molar-refractivity contribution in [2.45, 2.75) is 39.8 Å². The van der Waals surface area contributed by atoms with Crippen LogP contribution in [0.15, 0.2) is 0 Å². The predicted octanol–water partition coefficient (Wildman–Crippen LogP) is 5.25. The van der Waals surface area contributed by atoms with Crippen molar-refractivity contribution in [3.63, 3.8) is 0 Å². The highest BCUT2D eigenvalue weighted by Gasteiger charge is 2.72. The normalized spacial score (nSPS) is 15.2. The van der Waals surface area contributed by atoms with Gasteiger partial charge in [0.25, 0.3) is 0 Å². The van der Waals surface area contributed by atoms with Gasteiger partial charge >= 0.3 is 17.6 Å². The Morgan fingerprint density at radius 3 is 0.941 bits per heavy atom. The maximum absolute atomic E-state index is 6.64. The minimum atomic E-state index is -3.32. The molecule has 0 bridgehead atoms. The van der Waals surface area contributed by atoms with Crippen molar-refractivity contribution < 1.29 is 0 Å². The Morgan fingerprint density at radius 1 is 0.647 bits per heavy atom. The van der Waals surface area contributed by atoms with Crippen LogP contribution >= 0.6 is 77.6 Å². The Labute approximate surface area is 138 Å². The molecule has 0 saturated carbocycles. The average Bonchev–Trinajstić information content (AvgIpc) is 1.97. The van der Waals surface area contributed by atoms with Gasteiger partial charge in [0.2, 0.25) is 0 Å². The van der Waals surface area contributed by atoms with E-state index < -0.39 is 17.6 Å². The Hall–Kier alpha value is 2.64. The van der Waals surface area contributed by atoms with Crippen LogP contribution in [0.25, 0.3) is 0 Å². The molecule has 1 nitrogen and oxygen atoms in total. The largest absolute Gasteiger partial charge is 0.359 e. The fourth-order valence-electron chi connectivity index (χ4n) is 1.76. The van der Waals surface area contributed by atoms with E-state index in [-0.39, 0.29) is 12.1 Å². The summed E-state index contributed by atoms with van der Waals surface area (Å²) >= 11 is 43.5.